The van der Waals surface area contributed by atoms with Gasteiger partial charge in [0.05, 0.1) is 12.0 Å². The summed E-state index contributed by atoms with van der Waals surface area (Å²) in [5, 5.41) is 20.1. The van der Waals surface area contributed by atoms with E-state index in [0.29, 0.717) is 18.3 Å². The van der Waals surface area contributed by atoms with Crippen molar-refractivity contribution in [1.29, 1.82) is 0 Å². The molecule has 0 unspecified atom stereocenters. The molecule has 3 fully saturated rings. The lowest BCUT2D eigenvalue weighted by molar-refractivity contribution is -0.154. The fourth-order valence-corrected chi connectivity index (χ4v) is 5.59. The quantitative estimate of drug-likeness (QED) is 0.713. The van der Waals surface area contributed by atoms with Crippen molar-refractivity contribution in [2.24, 2.45) is 23.7 Å². The molecule has 4 nitrogen and oxygen atoms in total. The van der Waals surface area contributed by atoms with Crippen LogP contribution in [-0.4, -0.2) is 45.8 Å². The zero-order valence-electron chi connectivity index (χ0n) is 12.0. The van der Waals surface area contributed by atoms with Crippen molar-refractivity contribution in [2.75, 3.05) is 13.1 Å². The maximum Gasteiger partial charge on any atom is 0.310 e. The van der Waals surface area contributed by atoms with Gasteiger partial charge in [-0.3, -0.25) is 9.69 Å². The zero-order chi connectivity index (χ0) is 14.1. The Labute approximate surface area is 119 Å². The first kappa shape index (κ1) is 12.8. The Bertz CT molecular complexity index is 488. The van der Waals surface area contributed by atoms with Gasteiger partial charge >= 0.3 is 5.97 Å². The Balaban J connectivity index is 1.88. The summed E-state index contributed by atoms with van der Waals surface area (Å²) >= 11 is 0. The summed E-state index contributed by atoms with van der Waals surface area (Å²) in [5.41, 5.74) is 0.988. The van der Waals surface area contributed by atoms with Gasteiger partial charge in [0.25, 0.3) is 0 Å². The minimum absolute atomic E-state index is 0.146. The van der Waals surface area contributed by atoms with E-state index in [0.717, 1.165) is 37.9 Å². The number of carbonyl (C=O) groups is 1. The molecule has 1 saturated carbocycles. The third-order valence-corrected chi connectivity index (χ3v) is 6.42. The topological polar surface area (TPSA) is 60.8 Å². The molecule has 5 rings (SSSR count). The van der Waals surface area contributed by atoms with Crippen molar-refractivity contribution in [3.63, 3.8) is 0 Å². The number of rotatable bonds is 1. The van der Waals surface area contributed by atoms with Crippen LogP contribution in [0.15, 0.2) is 11.6 Å². The van der Waals surface area contributed by atoms with Crippen molar-refractivity contribution in [3.8, 4) is 0 Å². The molecular weight excluding hydrogens is 254 g/mol. The van der Waals surface area contributed by atoms with Crippen molar-refractivity contribution in [1.82, 2.24) is 4.90 Å². The molecule has 110 valence electrons. The average molecular weight is 277 g/mol. The molecule has 2 N–H and O–H groups in total. The smallest absolute Gasteiger partial charge is 0.310 e. The second-order valence-corrected chi connectivity index (χ2v) is 7.28. The van der Waals surface area contributed by atoms with Gasteiger partial charge in [-0.05, 0) is 49.6 Å². The minimum atomic E-state index is -0.756. The van der Waals surface area contributed by atoms with E-state index in [1.165, 1.54) is 0 Å². The summed E-state index contributed by atoms with van der Waals surface area (Å²) < 4.78 is 0. The van der Waals surface area contributed by atoms with Crippen LogP contribution in [0.5, 0.6) is 0 Å². The summed E-state index contributed by atoms with van der Waals surface area (Å²) in [6.07, 6.45) is 5.43. The molecule has 0 aromatic carbocycles. The van der Waals surface area contributed by atoms with Crippen molar-refractivity contribution >= 4 is 5.97 Å². The molecule has 0 radical (unpaired) electrons. The molecule has 2 bridgehead atoms. The van der Waals surface area contributed by atoms with E-state index < -0.39 is 18.0 Å². The summed E-state index contributed by atoms with van der Waals surface area (Å²) in [7, 11) is 0. The molecule has 20 heavy (non-hydrogen) atoms. The lowest BCUT2D eigenvalue weighted by Crippen LogP contribution is -2.71. The summed E-state index contributed by atoms with van der Waals surface area (Å²) in [6, 6.07) is 0. The summed E-state index contributed by atoms with van der Waals surface area (Å²) in [5.74, 6) is 0.117. The maximum absolute atomic E-state index is 11.7. The Morgan fingerprint density at radius 1 is 1.50 bits per heavy atom. The Hall–Kier alpha value is -0.870. The molecule has 3 aliphatic heterocycles. The van der Waals surface area contributed by atoms with Gasteiger partial charge in [0.1, 0.15) is 0 Å². The molecule has 0 amide bonds. The number of carboxylic acids is 1. The number of fused-ring (bicyclic) bond motifs is 1. The number of aliphatic hydroxyl groups is 1. The van der Waals surface area contributed by atoms with Crippen LogP contribution in [0.1, 0.15) is 32.6 Å². The van der Waals surface area contributed by atoms with Crippen molar-refractivity contribution < 1.29 is 15.0 Å². The van der Waals surface area contributed by atoms with Gasteiger partial charge in [-0.2, -0.15) is 0 Å². The van der Waals surface area contributed by atoms with Crippen LogP contribution in [0, 0.1) is 23.7 Å². The van der Waals surface area contributed by atoms with E-state index >= 15 is 0 Å². The van der Waals surface area contributed by atoms with Crippen LogP contribution in [0.2, 0.25) is 0 Å². The normalized spacial score (nSPS) is 50.5. The molecule has 1 spiro atoms. The SMILES string of the molecule is C[C@H]1C[C@]23C4=C[C@H]1CN2CCC[C@@H]3[C@H](O)C[C@@H]4C(=O)O. The Morgan fingerprint density at radius 2 is 2.30 bits per heavy atom. The molecule has 0 aromatic heterocycles. The Kier molecular flexibility index (Phi) is 2.62. The largest absolute Gasteiger partial charge is 0.481 e. The number of carboxylic acid groups (broad SMARTS) is 1. The van der Waals surface area contributed by atoms with Crippen LogP contribution in [0.3, 0.4) is 0 Å². The van der Waals surface area contributed by atoms with E-state index in [-0.39, 0.29) is 11.5 Å². The van der Waals surface area contributed by atoms with Gasteiger partial charge < -0.3 is 10.2 Å². The minimum Gasteiger partial charge on any atom is -0.481 e. The van der Waals surface area contributed by atoms with E-state index in [1.807, 2.05) is 0 Å². The first-order valence-electron chi connectivity index (χ1n) is 7.92. The number of hydrogen-bond donors (Lipinski definition) is 2. The molecule has 4 heteroatoms. The third kappa shape index (κ3) is 1.41. The van der Waals surface area contributed by atoms with Crippen LogP contribution in [-0.2, 0) is 4.79 Å². The number of hydrogen-bond acceptors (Lipinski definition) is 3. The van der Waals surface area contributed by atoms with E-state index in [2.05, 4.69) is 17.9 Å². The second kappa shape index (κ2) is 4.08. The highest BCUT2D eigenvalue weighted by Crippen LogP contribution is 2.58. The van der Waals surface area contributed by atoms with Crippen LogP contribution in [0.25, 0.3) is 0 Å². The van der Waals surface area contributed by atoms with Gasteiger partial charge in [0, 0.05) is 18.0 Å². The molecular formula is C16H23NO3. The first-order valence-corrected chi connectivity index (χ1v) is 7.92. The number of aliphatic hydroxyl groups excluding tert-OH is 1. The van der Waals surface area contributed by atoms with Gasteiger partial charge in [0.15, 0.2) is 0 Å². The van der Waals surface area contributed by atoms with Crippen LogP contribution in [0.4, 0.5) is 0 Å². The lowest BCUT2D eigenvalue weighted by Gasteiger charge is -2.65. The monoisotopic (exact) mass is 277 g/mol. The lowest BCUT2D eigenvalue weighted by atomic mass is 9.51. The van der Waals surface area contributed by atoms with Crippen LogP contribution >= 0.6 is 0 Å². The summed E-state index contributed by atoms with van der Waals surface area (Å²) in [4.78, 5) is 14.2. The second-order valence-electron chi connectivity index (χ2n) is 7.28. The van der Waals surface area contributed by atoms with E-state index in [9.17, 15) is 15.0 Å². The zero-order valence-corrected chi connectivity index (χ0v) is 12.0. The molecule has 5 aliphatic rings. The molecule has 3 heterocycles. The molecule has 0 aromatic rings. The van der Waals surface area contributed by atoms with Crippen molar-refractivity contribution in [2.45, 2.75) is 44.2 Å². The standard InChI is InChI=1S/C16H23NO3/c1-9-7-16-12-3-2-4-17(16)8-10(9)5-13(16)11(15(19)20)6-14(12)18/h5,9-12,14,18H,2-4,6-8H2,1H3,(H,19,20)/t9-,10-,11-,12+,14+,16-/m0/s1. The number of nitrogens with zero attached hydrogens (tertiary/aromatic N) is 1. The highest BCUT2D eigenvalue weighted by Gasteiger charge is 2.62. The highest BCUT2D eigenvalue weighted by molar-refractivity contribution is 5.75. The maximum atomic E-state index is 11.7. The fraction of sp³-hybridized carbons (Fsp3) is 0.812. The third-order valence-electron chi connectivity index (χ3n) is 6.42. The molecule has 2 aliphatic carbocycles. The van der Waals surface area contributed by atoms with Gasteiger partial charge in [-0.1, -0.05) is 13.0 Å². The van der Waals surface area contributed by atoms with Crippen LogP contribution < -0.4 is 0 Å². The first-order chi connectivity index (χ1) is 9.54. The fourth-order valence-electron chi connectivity index (χ4n) is 5.59. The van der Waals surface area contributed by atoms with Gasteiger partial charge in [-0.15, -0.1) is 0 Å². The summed E-state index contributed by atoms with van der Waals surface area (Å²) in [6.45, 7) is 4.41. The average Bonchev–Trinajstić information content (AvgIpc) is 2.41. The van der Waals surface area contributed by atoms with Gasteiger partial charge in [0.2, 0.25) is 0 Å². The number of aliphatic carboxylic acids is 1. The predicted molar refractivity (Wildman–Crippen MR) is 74.1 cm³/mol. The van der Waals surface area contributed by atoms with Crippen molar-refractivity contribution in [3.05, 3.63) is 11.6 Å². The molecule has 6 atom stereocenters. The highest BCUT2D eigenvalue weighted by atomic mass is 16.4. The number of piperidine rings is 2. The van der Waals surface area contributed by atoms with E-state index in [1.54, 1.807) is 0 Å². The van der Waals surface area contributed by atoms with E-state index in [4.69, 9.17) is 0 Å². The molecule has 2 saturated heterocycles. The Morgan fingerprint density at radius 3 is 3.05 bits per heavy atom. The van der Waals surface area contributed by atoms with Gasteiger partial charge in [-0.25, -0.2) is 0 Å². The predicted octanol–water partition coefficient (Wildman–Crippen LogP) is 1.50.